The lowest BCUT2D eigenvalue weighted by Crippen LogP contribution is -2.52. The van der Waals surface area contributed by atoms with Crippen molar-refractivity contribution in [3.8, 4) is 0 Å². The molecule has 0 aromatic carbocycles. The first-order chi connectivity index (χ1) is 8.53. The van der Waals surface area contributed by atoms with Crippen LogP contribution < -0.4 is 5.73 Å². The molecular weight excluding hydrogens is 220 g/mol. The normalized spacial score (nSPS) is 39.5. The van der Waals surface area contributed by atoms with Crippen LogP contribution in [0, 0.1) is 10.8 Å². The molecule has 0 aromatic heterocycles. The Kier molecular flexibility index (Phi) is 3.22. The van der Waals surface area contributed by atoms with E-state index >= 15 is 0 Å². The van der Waals surface area contributed by atoms with Gasteiger partial charge in [-0.25, -0.2) is 0 Å². The Hall–Kier alpha value is -0.0800. The highest BCUT2D eigenvalue weighted by molar-refractivity contribution is 5.01. The average Bonchev–Trinajstić information content (AvgIpc) is 2.89. The Labute approximate surface area is 112 Å². The van der Waals surface area contributed by atoms with Crippen LogP contribution in [0.2, 0.25) is 0 Å². The van der Waals surface area contributed by atoms with Gasteiger partial charge in [-0.2, -0.15) is 0 Å². The van der Waals surface area contributed by atoms with Crippen LogP contribution in [0.5, 0.6) is 0 Å². The Bertz CT molecular complexity index is 294. The maximum absolute atomic E-state index is 6.49. The van der Waals surface area contributed by atoms with Gasteiger partial charge in [0.15, 0.2) is 0 Å². The second-order valence-corrected chi connectivity index (χ2v) is 7.86. The molecule has 104 valence electrons. The van der Waals surface area contributed by atoms with E-state index in [0.717, 1.165) is 5.41 Å². The third kappa shape index (κ3) is 2.12. The number of rotatable bonds is 1. The summed E-state index contributed by atoms with van der Waals surface area (Å²) in [6.07, 6.45) is 11.5. The molecule has 3 fully saturated rings. The van der Waals surface area contributed by atoms with E-state index in [0.29, 0.717) is 17.5 Å². The number of piperidine rings is 1. The van der Waals surface area contributed by atoms with E-state index in [-0.39, 0.29) is 0 Å². The summed E-state index contributed by atoms with van der Waals surface area (Å²) in [6, 6.07) is 1.05. The molecule has 18 heavy (non-hydrogen) atoms. The molecule has 2 saturated carbocycles. The molecule has 2 N–H and O–H groups in total. The summed E-state index contributed by atoms with van der Waals surface area (Å²) in [6.45, 7) is 7.32. The lowest BCUT2D eigenvalue weighted by molar-refractivity contribution is 0.0665. The van der Waals surface area contributed by atoms with Gasteiger partial charge in [-0.05, 0) is 62.4 Å². The summed E-state index contributed by atoms with van der Waals surface area (Å²) >= 11 is 0. The van der Waals surface area contributed by atoms with E-state index < -0.39 is 0 Å². The predicted molar refractivity (Wildman–Crippen MR) is 76.5 cm³/mol. The zero-order valence-electron chi connectivity index (χ0n) is 12.3. The van der Waals surface area contributed by atoms with Crippen molar-refractivity contribution in [1.29, 1.82) is 0 Å². The first-order valence-corrected chi connectivity index (χ1v) is 8.02. The summed E-state index contributed by atoms with van der Waals surface area (Å²) in [5.74, 6) is 0. The SMILES string of the molecule is CC1(C)CCC(N2CCC3(CCCC3)CC2)C1N. The number of hydrogen-bond donors (Lipinski definition) is 1. The number of likely N-dealkylation sites (tertiary alicyclic amines) is 1. The Morgan fingerprint density at radius 3 is 2.06 bits per heavy atom. The van der Waals surface area contributed by atoms with E-state index in [1.807, 2.05) is 0 Å². The molecule has 2 aliphatic carbocycles. The van der Waals surface area contributed by atoms with E-state index in [2.05, 4.69) is 18.7 Å². The van der Waals surface area contributed by atoms with Crippen LogP contribution >= 0.6 is 0 Å². The Balaban J connectivity index is 1.60. The first-order valence-electron chi connectivity index (χ1n) is 8.02. The molecule has 1 aliphatic heterocycles. The van der Waals surface area contributed by atoms with Crippen LogP contribution in [-0.2, 0) is 0 Å². The van der Waals surface area contributed by atoms with Gasteiger partial charge in [-0.15, -0.1) is 0 Å². The fourth-order valence-electron chi connectivity index (χ4n) is 4.75. The molecule has 2 atom stereocenters. The highest BCUT2D eigenvalue weighted by Crippen LogP contribution is 2.48. The maximum Gasteiger partial charge on any atom is 0.0252 e. The van der Waals surface area contributed by atoms with Gasteiger partial charge in [0.05, 0.1) is 0 Å². The summed E-state index contributed by atoms with van der Waals surface area (Å²) in [5.41, 5.74) is 7.59. The molecule has 3 rings (SSSR count). The van der Waals surface area contributed by atoms with Crippen molar-refractivity contribution >= 4 is 0 Å². The van der Waals surface area contributed by atoms with E-state index in [4.69, 9.17) is 5.73 Å². The summed E-state index contributed by atoms with van der Waals surface area (Å²) in [5, 5.41) is 0. The van der Waals surface area contributed by atoms with Crippen LogP contribution in [0.3, 0.4) is 0 Å². The molecule has 2 nitrogen and oxygen atoms in total. The van der Waals surface area contributed by atoms with E-state index in [1.54, 1.807) is 0 Å². The van der Waals surface area contributed by atoms with Crippen molar-refractivity contribution in [2.24, 2.45) is 16.6 Å². The van der Waals surface area contributed by atoms with Gasteiger partial charge in [-0.1, -0.05) is 26.7 Å². The second kappa shape index (κ2) is 4.49. The third-order valence-corrected chi connectivity index (χ3v) is 6.39. The molecule has 0 aromatic rings. The Morgan fingerprint density at radius 2 is 1.56 bits per heavy atom. The van der Waals surface area contributed by atoms with Crippen molar-refractivity contribution in [3.63, 3.8) is 0 Å². The summed E-state index contributed by atoms with van der Waals surface area (Å²) in [7, 11) is 0. The van der Waals surface area contributed by atoms with Crippen LogP contribution in [0.4, 0.5) is 0 Å². The Morgan fingerprint density at radius 1 is 0.944 bits per heavy atom. The zero-order valence-corrected chi connectivity index (χ0v) is 12.3. The molecular formula is C16H30N2. The van der Waals surface area contributed by atoms with Crippen molar-refractivity contribution in [2.45, 2.75) is 77.3 Å². The van der Waals surface area contributed by atoms with Crippen molar-refractivity contribution in [1.82, 2.24) is 4.90 Å². The van der Waals surface area contributed by atoms with Crippen LogP contribution in [0.1, 0.15) is 65.2 Å². The standard InChI is InChI=1S/C16H30N2/c1-15(2)8-5-13(14(15)17)18-11-9-16(10-12-18)6-3-4-7-16/h13-14H,3-12,17H2,1-2H3. The third-order valence-electron chi connectivity index (χ3n) is 6.39. The lowest BCUT2D eigenvalue weighted by atomic mass is 9.76. The monoisotopic (exact) mass is 250 g/mol. The average molecular weight is 250 g/mol. The second-order valence-electron chi connectivity index (χ2n) is 7.86. The van der Waals surface area contributed by atoms with Gasteiger partial charge >= 0.3 is 0 Å². The maximum atomic E-state index is 6.49. The summed E-state index contributed by atoms with van der Waals surface area (Å²) < 4.78 is 0. The van der Waals surface area contributed by atoms with Crippen LogP contribution in [-0.4, -0.2) is 30.1 Å². The highest BCUT2D eigenvalue weighted by Gasteiger charge is 2.45. The fourth-order valence-corrected chi connectivity index (χ4v) is 4.75. The first kappa shape index (κ1) is 12.9. The molecule has 0 radical (unpaired) electrons. The molecule has 2 unspecified atom stereocenters. The lowest BCUT2D eigenvalue weighted by Gasteiger charge is -2.43. The topological polar surface area (TPSA) is 29.3 Å². The van der Waals surface area contributed by atoms with Gasteiger partial charge in [-0.3, -0.25) is 4.90 Å². The predicted octanol–water partition coefficient (Wildman–Crippen LogP) is 3.16. The zero-order chi connectivity index (χ0) is 12.8. The minimum absolute atomic E-state index is 0.354. The molecule has 1 spiro atoms. The number of nitrogens with two attached hydrogens (primary N) is 1. The van der Waals surface area contributed by atoms with Gasteiger partial charge in [0.25, 0.3) is 0 Å². The molecule has 0 amide bonds. The van der Waals surface area contributed by atoms with Gasteiger partial charge in [0, 0.05) is 12.1 Å². The highest BCUT2D eigenvalue weighted by atomic mass is 15.2. The molecule has 0 bridgehead atoms. The number of nitrogens with zero attached hydrogens (tertiary/aromatic N) is 1. The van der Waals surface area contributed by atoms with Crippen LogP contribution in [0.15, 0.2) is 0 Å². The smallest absolute Gasteiger partial charge is 0.0252 e. The quantitative estimate of drug-likeness (QED) is 0.774. The number of hydrogen-bond acceptors (Lipinski definition) is 2. The van der Waals surface area contributed by atoms with Gasteiger partial charge in [0.2, 0.25) is 0 Å². The van der Waals surface area contributed by atoms with E-state index in [9.17, 15) is 0 Å². The fraction of sp³-hybridized carbons (Fsp3) is 1.00. The van der Waals surface area contributed by atoms with E-state index in [1.165, 1.54) is 64.5 Å². The molecule has 3 aliphatic rings. The molecule has 2 heteroatoms. The van der Waals surface area contributed by atoms with Crippen molar-refractivity contribution in [2.75, 3.05) is 13.1 Å². The van der Waals surface area contributed by atoms with Gasteiger partial charge < -0.3 is 5.73 Å². The summed E-state index contributed by atoms with van der Waals surface area (Å²) in [4.78, 5) is 2.73. The minimum Gasteiger partial charge on any atom is -0.326 e. The van der Waals surface area contributed by atoms with Crippen LogP contribution in [0.25, 0.3) is 0 Å². The largest absolute Gasteiger partial charge is 0.326 e. The molecule has 1 saturated heterocycles. The minimum atomic E-state index is 0.354. The van der Waals surface area contributed by atoms with Gasteiger partial charge in [0.1, 0.15) is 0 Å². The van der Waals surface area contributed by atoms with Crippen molar-refractivity contribution in [3.05, 3.63) is 0 Å². The van der Waals surface area contributed by atoms with Crippen molar-refractivity contribution < 1.29 is 0 Å². The molecule has 1 heterocycles.